The molecule has 2 heterocycles. The Labute approximate surface area is 191 Å². The van der Waals surface area contributed by atoms with E-state index in [1.807, 2.05) is 12.2 Å². The van der Waals surface area contributed by atoms with Crippen molar-refractivity contribution >= 4 is 5.91 Å². The predicted octanol–water partition coefficient (Wildman–Crippen LogP) is 3.45. The third kappa shape index (κ3) is 6.09. The van der Waals surface area contributed by atoms with Crippen molar-refractivity contribution in [2.24, 2.45) is 0 Å². The van der Waals surface area contributed by atoms with Crippen molar-refractivity contribution in [3.63, 3.8) is 0 Å². The van der Waals surface area contributed by atoms with Crippen LogP contribution in [0, 0.1) is 11.6 Å². The van der Waals surface area contributed by atoms with Gasteiger partial charge in [0.2, 0.25) is 5.91 Å². The number of allylic oxidation sites excluding steroid dienone is 4. The maximum atomic E-state index is 13.5. The molecule has 2 atom stereocenters. The summed E-state index contributed by atoms with van der Waals surface area (Å²) in [5, 5.41) is 14.0. The highest BCUT2D eigenvalue weighted by molar-refractivity contribution is 5.79. The molecule has 1 fully saturated rings. The Morgan fingerprint density at radius 2 is 2.00 bits per heavy atom. The van der Waals surface area contributed by atoms with Crippen LogP contribution in [0.4, 0.5) is 8.78 Å². The van der Waals surface area contributed by atoms with E-state index in [2.05, 4.69) is 16.3 Å². The van der Waals surface area contributed by atoms with Crippen LogP contribution < -0.4 is 5.32 Å². The highest BCUT2D eigenvalue weighted by atomic mass is 19.2. The third-order valence-electron chi connectivity index (χ3n) is 5.94. The maximum Gasteiger partial charge on any atom is 0.224 e. The zero-order chi connectivity index (χ0) is 23.2. The van der Waals surface area contributed by atoms with Gasteiger partial charge in [-0.15, -0.1) is 0 Å². The molecule has 0 radical (unpaired) electrons. The molecular formula is C25H28F2N2O4. The van der Waals surface area contributed by atoms with Gasteiger partial charge < -0.3 is 24.8 Å². The van der Waals surface area contributed by atoms with Crippen LogP contribution in [0.3, 0.4) is 0 Å². The fourth-order valence-corrected chi connectivity index (χ4v) is 4.18. The largest absolute Gasteiger partial charge is 0.465 e. The van der Waals surface area contributed by atoms with Crippen LogP contribution in [-0.4, -0.2) is 47.7 Å². The van der Waals surface area contributed by atoms with E-state index in [-0.39, 0.29) is 12.2 Å². The Kier molecular flexibility index (Phi) is 7.57. The molecule has 3 aliphatic rings. The molecule has 33 heavy (non-hydrogen) atoms. The molecule has 1 aliphatic carbocycles. The molecule has 1 aromatic carbocycles. The number of hydrogen-bond acceptors (Lipinski definition) is 5. The summed E-state index contributed by atoms with van der Waals surface area (Å²) in [6, 6.07) is 2.70. The summed E-state index contributed by atoms with van der Waals surface area (Å²) in [7, 11) is 0. The molecule has 176 valence electrons. The van der Waals surface area contributed by atoms with Gasteiger partial charge in [-0.25, -0.2) is 8.78 Å². The van der Waals surface area contributed by atoms with E-state index in [0.29, 0.717) is 17.9 Å². The Bertz CT molecular complexity index is 996. The van der Waals surface area contributed by atoms with Crippen molar-refractivity contribution < 1.29 is 28.2 Å². The number of nitrogens with zero attached hydrogens (tertiary/aromatic N) is 1. The predicted molar refractivity (Wildman–Crippen MR) is 118 cm³/mol. The van der Waals surface area contributed by atoms with E-state index in [4.69, 9.17) is 9.47 Å². The van der Waals surface area contributed by atoms with Gasteiger partial charge in [-0.2, -0.15) is 0 Å². The molecule has 0 saturated carbocycles. The van der Waals surface area contributed by atoms with Gasteiger partial charge in [-0.05, 0) is 62.0 Å². The number of carbonyl (C=O) groups is 1. The molecule has 8 heteroatoms. The van der Waals surface area contributed by atoms with Crippen molar-refractivity contribution in [2.75, 3.05) is 19.6 Å². The summed E-state index contributed by atoms with van der Waals surface area (Å²) in [6.45, 7) is 2.18. The fourth-order valence-electron chi connectivity index (χ4n) is 4.18. The van der Waals surface area contributed by atoms with Crippen molar-refractivity contribution in [3.05, 3.63) is 83.2 Å². The standard InChI is InChI=1S/C25H28F2N2O4/c26-19-9-8-17(12-20(19)27)13-24(30)28-21(14-29-10-4-5-11-29)25(31)23-16-32-15-22(33-23)18-6-2-1-3-7-18/h1-2,6,8-9,12,15-16,21,25,31H,3-5,7,10-11,13-14H2,(H,28,30)/t21-,25-/m1/s1. The van der Waals surface area contributed by atoms with Gasteiger partial charge in [0.1, 0.15) is 18.6 Å². The summed E-state index contributed by atoms with van der Waals surface area (Å²) >= 11 is 0. The number of rotatable bonds is 8. The third-order valence-corrected chi connectivity index (χ3v) is 5.94. The SMILES string of the molecule is O=C(Cc1ccc(F)c(F)c1)N[C@H](CN1CCCC1)[C@@H](O)C1=COC=C(C2=CC=CCC2)O1. The molecule has 1 amide bonds. The first-order valence-electron chi connectivity index (χ1n) is 11.2. The van der Waals surface area contributed by atoms with Crippen molar-refractivity contribution in [2.45, 2.75) is 44.2 Å². The number of halogens is 2. The fraction of sp³-hybridized carbons (Fsp3) is 0.400. The molecule has 0 bridgehead atoms. The number of amides is 1. The monoisotopic (exact) mass is 458 g/mol. The Morgan fingerprint density at radius 3 is 2.73 bits per heavy atom. The number of hydrogen-bond donors (Lipinski definition) is 2. The average molecular weight is 459 g/mol. The number of ether oxygens (including phenoxy) is 2. The minimum Gasteiger partial charge on any atom is -0.465 e. The van der Waals surface area contributed by atoms with Crippen molar-refractivity contribution in [3.8, 4) is 0 Å². The van der Waals surface area contributed by atoms with Crippen LogP contribution in [0.25, 0.3) is 0 Å². The normalized spacial score (nSPS) is 20.2. The summed E-state index contributed by atoms with van der Waals surface area (Å²) in [4.78, 5) is 14.9. The van der Waals surface area contributed by atoms with E-state index < -0.39 is 29.7 Å². The van der Waals surface area contributed by atoms with Crippen LogP contribution in [0.2, 0.25) is 0 Å². The summed E-state index contributed by atoms with van der Waals surface area (Å²) in [5.41, 5.74) is 1.31. The number of carbonyl (C=O) groups excluding carboxylic acids is 1. The van der Waals surface area contributed by atoms with Crippen LogP contribution >= 0.6 is 0 Å². The van der Waals surface area contributed by atoms with Crippen LogP contribution in [0.15, 0.2) is 66.0 Å². The zero-order valence-corrected chi connectivity index (χ0v) is 18.3. The Morgan fingerprint density at radius 1 is 1.18 bits per heavy atom. The van der Waals surface area contributed by atoms with Crippen molar-refractivity contribution in [1.29, 1.82) is 0 Å². The van der Waals surface area contributed by atoms with E-state index in [1.54, 1.807) is 0 Å². The first-order valence-corrected chi connectivity index (χ1v) is 11.2. The highest BCUT2D eigenvalue weighted by Gasteiger charge is 2.31. The molecule has 0 unspecified atom stereocenters. The lowest BCUT2D eigenvalue weighted by Crippen LogP contribution is -2.51. The van der Waals surface area contributed by atoms with Crippen molar-refractivity contribution in [1.82, 2.24) is 10.2 Å². The van der Waals surface area contributed by atoms with Crippen LogP contribution in [0.5, 0.6) is 0 Å². The molecule has 6 nitrogen and oxygen atoms in total. The second kappa shape index (κ2) is 10.8. The lowest BCUT2D eigenvalue weighted by atomic mass is 10.0. The molecular weight excluding hydrogens is 430 g/mol. The van der Waals surface area contributed by atoms with E-state index in [1.165, 1.54) is 18.6 Å². The Balaban J connectivity index is 1.44. The van der Waals surface area contributed by atoms with Crippen LogP contribution in [0.1, 0.15) is 31.2 Å². The lowest BCUT2D eigenvalue weighted by Gasteiger charge is -2.30. The van der Waals surface area contributed by atoms with E-state index in [9.17, 15) is 18.7 Å². The highest BCUT2D eigenvalue weighted by Crippen LogP contribution is 2.28. The molecule has 0 spiro atoms. The maximum absolute atomic E-state index is 13.5. The van der Waals surface area contributed by atoms with Gasteiger partial charge in [0, 0.05) is 6.54 Å². The summed E-state index contributed by atoms with van der Waals surface area (Å²) in [5.74, 6) is -1.63. The van der Waals surface area contributed by atoms with Gasteiger partial charge in [0.05, 0.1) is 12.5 Å². The minimum atomic E-state index is -1.15. The van der Waals surface area contributed by atoms with Crippen LogP contribution in [-0.2, 0) is 20.7 Å². The molecule has 1 saturated heterocycles. The minimum absolute atomic E-state index is 0.138. The molecule has 4 rings (SSSR count). The zero-order valence-electron chi connectivity index (χ0n) is 18.3. The van der Waals surface area contributed by atoms with Gasteiger partial charge in [-0.3, -0.25) is 4.79 Å². The number of nitrogens with one attached hydrogen (secondary N) is 1. The number of likely N-dealkylation sites (tertiary alicyclic amines) is 1. The second-order valence-corrected chi connectivity index (χ2v) is 8.45. The first kappa shape index (κ1) is 23.2. The second-order valence-electron chi connectivity index (χ2n) is 8.45. The van der Waals surface area contributed by atoms with E-state index in [0.717, 1.165) is 56.5 Å². The number of aliphatic hydroxyl groups is 1. The summed E-state index contributed by atoms with van der Waals surface area (Å²) < 4.78 is 38.1. The van der Waals surface area contributed by atoms with Gasteiger partial charge in [-0.1, -0.05) is 24.3 Å². The average Bonchev–Trinajstić information content (AvgIpc) is 3.34. The summed E-state index contributed by atoms with van der Waals surface area (Å²) in [6.07, 6.45) is 11.3. The molecule has 2 N–H and O–H groups in total. The van der Waals surface area contributed by atoms with Gasteiger partial charge >= 0.3 is 0 Å². The number of benzene rings is 1. The Hall–Kier alpha value is -2.97. The van der Waals surface area contributed by atoms with Gasteiger partial charge in [0.15, 0.2) is 23.2 Å². The molecule has 2 aliphatic heterocycles. The molecule has 0 aromatic heterocycles. The van der Waals surface area contributed by atoms with Gasteiger partial charge in [0.25, 0.3) is 0 Å². The number of aliphatic hydroxyl groups excluding tert-OH is 1. The lowest BCUT2D eigenvalue weighted by molar-refractivity contribution is -0.122. The topological polar surface area (TPSA) is 71.0 Å². The quantitative estimate of drug-likeness (QED) is 0.625. The smallest absolute Gasteiger partial charge is 0.224 e. The first-order chi connectivity index (χ1) is 16.0. The molecule has 1 aromatic rings. The van der Waals surface area contributed by atoms with E-state index >= 15 is 0 Å².